The maximum absolute atomic E-state index is 11.3. The monoisotopic (exact) mass is 291 g/mol. The lowest BCUT2D eigenvalue weighted by Crippen LogP contribution is -2.15. The van der Waals surface area contributed by atoms with Gasteiger partial charge in [-0.1, -0.05) is 30.3 Å². The molecule has 0 aliphatic carbocycles. The summed E-state index contributed by atoms with van der Waals surface area (Å²) in [5.74, 6) is 0. The molecule has 6 heteroatoms. The Balaban J connectivity index is 2.00. The first-order chi connectivity index (χ1) is 9.47. The van der Waals surface area contributed by atoms with E-state index in [0.29, 0.717) is 13.1 Å². The molecule has 5 N–H and O–H groups in total. The largest absolute Gasteiger partial charge is 0.398 e. The van der Waals surface area contributed by atoms with Crippen LogP contribution in [0, 0.1) is 0 Å². The highest BCUT2D eigenvalue weighted by Crippen LogP contribution is 2.12. The van der Waals surface area contributed by atoms with E-state index in [0.717, 1.165) is 16.8 Å². The smallest absolute Gasteiger partial charge is 0.238 e. The van der Waals surface area contributed by atoms with Crippen molar-refractivity contribution in [2.45, 2.75) is 18.0 Å². The number of sulfonamides is 1. The summed E-state index contributed by atoms with van der Waals surface area (Å²) >= 11 is 0. The van der Waals surface area contributed by atoms with Crippen LogP contribution in [-0.2, 0) is 23.1 Å². The number of nitrogens with two attached hydrogens (primary N) is 2. The fourth-order valence-electron chi connectivity index (χ4n) is 1.87. The SMILES string of the molecule is Nc1ccccc1CNCc1cccc(S(N)(=O)=O)c1. The predicted octanol–water partition coefficient (Wildman–Crippen LogP) is 1.21. The number of hydrogen-bond donors (Lipinski definition) is 3. The van der Waals surface area contributed by atoms with Gasteiger partial charge in [-0.3, -0.25) is 0 Å². The second-order valence-corrected chi connectivity index (χ2v) is 6.06. The molecule has 0 aliphatic rings. The molecule has 0 aliphatic heterocycles. The van der Waals surface area contributed by atoms with Gasteiger partial charge < -0.3 is 11.1 Å². The third-order valence-electron chi connectivity index (χ3n) is 2.93. The molecular formula is C14H17N3O2S. The minimum Gasteiger partial charge on any atom is -0.398 e. The third kappa shape index (κ3) is 3.80. The van der Waals surface area contributed by atoms with Gasteiger partial charge in [-0.25, -0.2) is 13.6 Å². The molecule has 2 rings (SSSR count). The highest BCUT2D eigenvalue weighted by Gasteiger charge is 2.07. The van der Waals surface area contributed by atoms with Gasteiger partial charge in [-0.2, -0.15) is 0 Å². The van der Waals surface area contributed by atoms with Crippen molar-refractivity contribution in [3.63, 3.8) is 0 Å². The van der Waals surface area contributed by atoms with Crippen LogP contribution >= 0.6 is 0 Å². The second-order valence-electron chi connectivity index (χ2n) is 4.49. The zero-order valence-corrected chi connectivity index (χ0v) is 11.7. The quantitative estimate of drug-likeness (QED) is 0.721. The Kier molecular flexibility index (Phi) is 4.39. The molecule has 0 atom stereocenters. The standard InChI is InChI=1S/C14H17N3O2S/c15-14-7-2-1-5-12(14)10-17-9-11-4-3-6-13(8-11)20(16,18)19/h1-8,17H,9-10,15H2,(H2,16,18,19). The van der Waals surface area contributed by atoms with Gasteiger partial charge in [0.2, 0.25) is 10.0 Å². The molecule has 0 aromatic heterocycles. The third-order valence-corrected chi connectivity index (χ3v) is 3.84. The van der Waals surface area contributed by atoms with Crippen LogP contribution in [-0.4, -0.2) is 8.42 Å². The van der Waals surface area contributed by atoms with E-state index in [9.17, 15) is 8.42 Å². The Labute approximate surface area is 118 Å². The van der Waals surface area contributed by atoms with Crippen molar-refractivity contribution in [2.75, 3.05) is 5.73 Å². The molecule has 0 heterocycles. The first-order valence-electron chi connectivity index (χ1n) is 6.12. The highest BCUT2D eigenvalue weighted by atomic mass is 32.2. The van der Waals surface area contributed by atoms with E-state index in [2.05, 4.69) is 5.32 Å². The van der Waals surface area contributed by atoms with Crippen molar-refractivity contribution < 1.29 is 8.42 Å². The van der Waals surface area contributed by atoms with E-state index < -0.39 is 10.0 Å². The summed E-state index contributed by atoms with van der Waals surface area (Å²) < 4.78 is 22.5. The number of rotatable bonds is 5. The van der Waals surface area contributed by atoms with E-state index in [-0.39, 0.29) is 4.90 Å². The maximum Gasteiger partial charge on any atom is 0.238 e. The summed E-state index contributed by atoms with van der Waals surface area (Å²) in [6, 6.07) is 14.2. The Bertz CT molecular complexity index is 699. The molecule has 0 radical (unpaired) electrons. The van der Waals surface area contributed by atoms with Crippen LogP contribution in [0.1, 0.15) is 11.1 Å². The minimum atomic E-state index is -3.66. The van der Waals surface area contributed by atoms with E-state index in [1.165, 1.54) is 6.07 Å². The average molecular weight is 291 g/mol. The van der Waals surface area contributed by atoms with Crippen molar-refractivity contribution in [3.8, 4) is 0 Å². The van der Waals surface area contributed by atoms with Crippen LogP contribution in [0.2, 0.25) is 0 Å². The lowest BCUT2D eigenvalue weighted by atomic mass is 10.1. The summed E-state index contributed by atoms with van der Waals surface area (Å²) in [6.07, 6.45) is 0. The summed E-state index contributed by atoms with van der Waals surface area (Å²) in [4.78, 5) is 0.121. The predicted molar refractivity (Wildman–Crippen MR) is 79.2 cm³/mol. The van der Waals surface area contributed by atoms with E-state index in [1.807, 2.05) is 30.3 Å². The lowest BCUT2D eigenvalue weighted by Gasteiger charge is -2.08. The second kappa shape index (κ2) is 6.04. The van der Waals surface area contributed by atoms with E-state index in [4.69, 9.17) is 10.9 Å². The van der Waals surface area contributed by atoms with Gasteiger partial charge in [0.15, 0.2) is 0 Å². The number of para-hydroxylation sites is 1. The summed E-state index contributed by atoms with van der Waals surface area (Å²) in [6.45, 7) is 1.16. The molecule has 2 aromatic rings. The van der Waals surface area contributed by atoms with Crippen molar-refractivity contribution in [2.24, 2.45) is 5.14 Å². The van der Waals surface area contributed by atoms with Crippen LogP contribution in [0.25, 0.3) is 0 Å². The molecule has 0 saturated carbocycles. The first kappa shape index (κ1) is 14.5. The molecule has 0 saturated heterocycles. The van der Waals surface area contributed by atoms with Crippen LogP contribution < -0.4 is 16.2 Å². The number of nitrogen functional groups attached to an aromatic ring is 1. The molecule has 106 valence electrons. The van der Waals surface area contributed by atoms with Gasteiger partial charge in [-0.05, 0) is 29.3 Å². The lowest BCUT2D eigenvalue weighted by molar-refractivity contribution is 0.597. The van der Waals surface area contributed by atoms with Gasteiger partial charge in [-0.15, -0.1) is 0 Å². The fourth-order valence-corrected chi connectivity index (χ4v) is 2.45. The zero-order chi connectivity index (χ0) is 14.6. The highest BCUT2D eigenvalue weighted by molar-refractivity contribution is 7.89. The first-order valence-corrected chi connectivity index (χ1v) is 7.67. The topological polar surface area (TPSA) is 98.2 Å². The van der Waals surface area contributed by atoms with E-state index in [1.54, 1.807) is 12.1 Å². The molecule has 0 spiro atoms. The Morgan fingerprint density at radius 1 is 1.00 bits per heavy atom. The van der Waals surface area contributed by atoms with E-state index >= 15 is 0 Å². The van der Waals surface area contributed by atoms with Gasteiger partial charge >= 0.3 is 0 Å². The number of primary sulfonamides is 1. The summed E-state index contributed by atoms with van der Waals surface area (Å²) in [5.41, 5.74) is 8.44. The van der Waals surface area contributed by atoms with Gasteiger partial charge in [0.25, 0.3) is 0 Å². The van der Waals surface area contributed by atoms with Crippen molar-refractivity contribution >= 4 is 15.7 Å². The minimum absolute atomic E-state index is 0.121. The van der Waals surface area contributed by atoms with Crippen molar-refractivity contribution in [3.05, 3.63) is 59.7 Å². The zero-order valence-electron chi connectivity index (χ0n) is 10.9. The summed E-state index contributed by atoms with van der Waals surface area (Å²) in [5, 5.41) is 8.32. The average Bonchev–Trinajstić information content (AvgIpc) is 2.40. The van der Waals surface area contributed by atoms with Crippen LogP contribution in [0.15, 0.2) is 53.4 Å². The van der Waals surface area contributed by atoms with Crippen LogP contribution in [0.3, 0.4) is 0 Å². The van der Waals surface area contributed by atoms with Crippen LogP contribution in [0.5, 0.6) is 0 Å². The molecular weight excluding hydrogens is 274 g/mol. The van der Waals surface area contributed by atoms with Gasteiger partial charge in [0, 0.05) is 18.8 Å². The van der Waals surface area contributed by atoms with Gasteiger partial charge in [0.1, 0.15) is 0 Å². The van der Waals surface area contributed by atoms with Gasteiger partial charge in [0.05, 0.1) is 4.90 Å². The molecule has 20 heavy (non-hydrogen) atoms. The van der Waals surface area contributed by atoms with Crippen LogP contribution in [0.4, 0.5) is 5.69 Å². The molecule has 2 aromatic carbocycles. The van der Waals surface area contributed by atoms with Crippen molar-refractivity contribution in [1.82, 2.24) is 5.32 Å². The number of benzene rings is 2. The number of anilines is 1. The Morgan fingerprint density at radius 3 is 2.45 bits per heavy atom. The van der Waals surface area contributed by atoms with Crippen molar-refractivity contribution in [1.29, 1.82) is 0 Å². The number of nitrogens with one attached hydrogen (secondary N) is 1. The fraction of sp³-hybridized carbons (Fsp3) is 0.143. The Morgan fingerprint density at radius 2 is 1.75 bits per heavy atom. The molecule has 5 nitrogen and oxygen atoms in total. The molecule has 0 bridgehead atoms. The Hall–Kier alpha value is -1.89. The molecule has 0 fully saturated rings. The molecule has 0 unspecified atom stereocenters. The normalized spacial score (nSPS) is 11.4. The number of hydrogen-bond acceptors (Lipinski definition) is 4. The maximum atomic E-state index is 11.3. The summed E-state index contributed by atoms with van der Waals surface area (Å²) in [7, 11) is -3.66. The molecule has 0 amide bonds.